The fourth-order valence-electron chi connectivity index (χ4n) is 1.35. The van der Waals surface area contributed by atoms with Gasteiger partial charge >= 0.3 is 5.97 Å². The Morgan fingerprint density at radius 3 is 2.94 bits per heavy atom. The van der Waals surface area contributed by atoms with Gasteiger partial charge in [0, 0.05) is 16.4 Å². The minimum atomic E-state index is -0.243. The zero-order valence-electron chi connectivity index (χ0n) is 10.5. The summed E-state index contributed by atoms with van der Waals surface area (Å²) in [6, 6.07) is 3.66. The van der Waals surface area contributed by atoms with Gasteiger partial charge in [-0.3, -0.25) is 4.79 Å². The van der Waals surface area contributed by atoms with E-state index in [1.165, 1.54) is 0 Å². The van der Waals surface area contributed by atoms with Crippen molar-refractivity contribution in [2.45, 2.75) is 24.4 Å². The third-order valence-electron chi connectivity index (χ3n) is 2.28. The predicted molar refractivity (Wildman–Crippen MR) is 76.8 cm³/mol. The second-order valence-electron chi connectivity index (χ2n) is 3.55. The fraction of sp³-hybridized carbons (Fsp3) is 0.500. The number of rotatable bonds is 7. The van der Waals surface area contributed by atoms with Crippen molar-refractivity contribution in [2.24, 2.45) is 0 Å². The van der Waals surface area contributed by atoms with Gasteiger partial charge in [-0.05, 0) is 48.5 Å². The molecule has 0 aliphatic heterocycles. The van der Waals surface area contributed by atoms with Crippen molar-refractivity contribution in [3.8, 4) is 0 Å². The van der Waals surface area contributed by atoms with Crippen LogP contribution in [0.1, 0.15) is 13.3 Å². The van der Waals surface area contributed by atoms with E-state index in [9.17, 15) is 4.79 Å². The number of hydrogen-bond acceptors (Lipinski definition) is 5. The Kier molecular flexibility index (Phi) is 7.31. The average molecular weight is 333 g/mol. The van der Waals surface area contributed by atoms with Crippen LogP contribution in [-0.2, 0) is 9.53 Å². The molecule has 18 heavy (non-hydrogen) atoms. The standard InChI is InChI=1S/C12H17BrN2O2S/c1-3-17-12(16)10(14-2)6-7-18-11-5-4-9(13)8-15-11/h4-5,8,10,14H,3,6-7H2,1-2H3. The van der Waals surface area contributed by atoms with E-state index < -0.39 is 0 Å². The molecule has 100 valence electrons. The quantitative estimate of drug-likeness (QED) is 0.614. The number of carbonyl (C=O) groups is 1. The minimum Gasteiger partial charge on any atom is -0.465 e. The molecule has 1 unspecified atom stereocenters. The van der Waals surface area contributed by atoms with Crippen molar-refractivity contribution in [3.05, 3.63) is 22.8 Å². The molecule has 0 radical (unpaired) electrons. The van der Waals surface area contributed by atoms with Crippen LogP contribution < -0.4 is 5.32 Å². The summed E-state index contributed by atoms with van der Waals surface area (Å²) in [5.41, 5.74) is 0. The second-order valence-corrected chi connectivity index (χ2v) is 5.58. The average Bonchev–Trinajstić information content (AvgIpc) is 2.37. The van der Waals surface area contributed by atoms with Gasteiger partial charge in [0.1, 0.15) is 6.04 Å². The number of ether oxygens (including phenoxy) is 1. The smallest absolute Gasteiger partial charge is 0.323 e. The molecule has 0 aliphatic rings. The Morgan fingerprint density at radius 2 is 2.39 bits per heavy atom. The number of nitrogens with zero attached hydrogens (tertiary/aromatic N) is 1. The zero-order valence-corrected chi connectivity index (χ0v) is 12.9. The summed E-state index contributed by atoms with van der Waals surface area (Å²) in [5.74, 6) is 0.628. The molecule has 0 fully saturated rings. The van der Waals surface area contributed by atoms with Gasteiger partial charge in [-0.25, -0.2) is 4.98 Å². The number of likely N-dealkylation sites (N-methyl/N-ethyl adjacent to an activating group) is 1. The van der Waals surface area contributed by atoms with Crippen molar-refractivity contribution >= 4 is 33.7 Å². The molecule has 0 bridgehead atoms. The molecule has 0 amide bonds. The molecular weight excluding hydrogens is 316 g/mol. The van der Waals surface area contributed by atoms with Crippen molar-refractivity contribution in [3.63, 3.8) is 0 Å². The summed E-state index contributed by atoms with van der Waals surface area (Å²) >= 11 is 4.97. The van der Waals surface area contributed by atoms with Crippen molar-refractivity contribution < 1.29 is 9.53 Å². The number of halogens is 1. The van der Waals surface area contributed by atoms with E-state index in [-0.39, 0.29) is 12.0 Å². The van der Waals surface area contributed by atoms with Gasteiger partial charge in [-0.2, -0.15) is 0 Å². The lowest BCUT2D eigenvalue weighted by Gasteiger charge is -2.13. The van der Waals surface area contributed by atoms with Gasteiger partial charge in [-0.15, -0.1) is 11.8 Å². The molecule has 0 spiro atoms. The molecule has 1 aromatic heterocycles. The molecular formula is C12H17BrN2O2S. The Labute approximate surface area is 120 Å². The highest BCUT2D eigenvalue weighted by molar-refractivity contribution is 9.10. The molecule has 6 heteroatoms. The first-order chi connectivity index (χ1) is 8.67. The molecule has 1 aromatic rings. The number of thioether (sulfide) groups is 1. The summed E-state index contributed by atoms with van der Waals surface area (Å²) in [6.45, 7) is 2.23. The monoisotopic (exact) mass is 332 g/mol. The van der Waals surface area contributed by atoms with E-state index in [0.29, 0.717) is 6.61 Å². The molecule has 1 rings (SSSR count). The highest BCUT2D eigenvalue weighted by atomic mass is 79.9. The molecule has 0 saturated carbocycles. The third kappa shape index (κ3) is 5.37. The Balaban J connectivity index is 2.35. The first-order valence-electron chi connectivity index (χ1n) is 5.75. The largest absolute Gasteiger partial charge is 0.465 e. The number of hydrogen-bond donors (Lipinski definition) is 1. The normalized spacial score (nSPS) is 12.2. The fourth-order valence-corrected chi connectivity index (χ4v) is 2.44. The zero-order chi connectivity index (χ0) is 13.4. The van der Waals surface area contributed by atoms with Crippen LogP contribution in [0, 0.1) is 0 Å². The topological polar surface area (TPSA) is 51.2 Å². The molecule has 1 atom stereocenters. The van der Waals surface area contributed by atoms with E-state index >= 15 is 0 Å². The number of esters is 1. The van der Waals surface area contributed by atoms with Crippen molar-refractivity contribution in [1.82, 2.24) is 10.3 Å². The van der Waals surface area contributed by atoms with Gasteiger partial charge in [0.05, 0.1) is 11.6 Å². The van der Waals surface area contributed by atoms with Gasteiger partial charge in [0.2, 0.25) is 0 Å². The molecule has 1 heterocycles. The Bertz CT molecular complexity index is 373. The van der Waals surface area contributed by atoms with E-state index in [4.69, 9.17) is 4.74 Å². The SMILES string of the molecule is CCOC(=O)C(CCSc1ccc(Br)cn1)NC. The van der Waals surface area contributed by atoms with Crippen LogP contribution in [0.2, 0.25) is 0 Å². The van der Waals surface area contributed by atoms with Gasteiger partial charge < -0.3 is 10.1 Å². The van der Waals surface area contributed by atoms with Crippen LogP contribution in [0.4, 0.5) is 0 Å². The molecule has 0 aromatic carbocycles. The summed E-state index contributed by atoms with van der Waals surface area (Å²) in [5, 5.41) is 3.92. The van der Waals surface area contributed by atoms with Crippen LogP contribution in [0.15, 0.2) is 27.8 Å². The van der Waals surface area contributed by atoms with Crippen LogP contribution in [-0.4, -0.2) is 36.4 Å². The lowest BCUT2D eigenvalue weighted by atomic mass is 10.2. The van der Waals surface area contributed by atoms with E-state index in [2.05, 4.69) is 26.2 Å². The van der Waals surface area contributed by atoms with E-state index in [0.717, 1.165) is 21.7 Å². The number of pyridine rings is 1. The first-order valence-corrected chi connectivity index (χ1v) is 7.53. The lowest BCUT2D eigenvalue weighted by molar-refractivity contribution is -0.145. The first kappa shape index (κ1) is 15.5. The van der Waals surface area contributed by atoms with Gasteiger partial charge in [-0.1, -0.05) is 0 Å². The van der Waals surface area contributed by atoms with Crippen LogP contribution >= 0.6 is 27.7 Å². The lowest BCUT2D eigenvalue weighted by Crippen LogP contribution is -2.36. The summed E-state index contributed by atoms with van der Waals surface area (Å²) in [6.07, 6.45) is 2.49. The highest BCUT2D eigenvalue weighted by Gasteiger charge is 2.16. The third-order valence-corrected chi connectivity index (χ3v) is 3.72. The van der Waals surface area contributed by atoms with E-state index in [1.54, 1.807) is 25.0 Å². The molecule has 4 nitrogen and oxygen atoms in total. The summed E-state index contributed by atoms with van der Waals surface area (Å²) in [7, 11) is 1.77. The van der Waals surface area contributed by atoms with Gasteiger partial charge in [0.15, 0.2) is 0 Å². The van der Waals surface area contributed by atoms with Gasteiger partial charge in [0.25, 0.3) is 0 Å². The maximum Gasteiger partial charge on any atom is 0.323 e. The maximum atomic E-state index is 11.5. The predicted octanol–water partition coefficient (Wildman–Crippen LogP) is 2.48. The number of carbonyl (C=O) groups excluding carboxylic acids is 1. The maximum absolute atomic E-state index is 11.5. The summed E-state index contributed by atoms with van der Waals surface area (Å²) < 4.78 is 5.95. The molecule has 0 saturated heterocycles. The number of aromatic nitrogens is 1. The Hall–Kier alpha value is -0.590. The minimum absolute atomic E-state index is 0.190. The van der Waals surface area contributed by atoms with Crippen molar-refractivity contribution in [1.29, 1.82) is 0 Å². The Morgan fingerprint density at radius 1 is 1.61 bits per heavy atom. The van der Waals surface area contributed by atoms with Crippen LogP contribution in [0.25, 0.3) is 0 Å². The van der Waals surface area contributed by atoms with Crippen LogP contribution in [0.5, 0.6) is 0 Å². The molecule has 1 N–H and O–H groups in total. The second kappa shape index (κ2) is 8.50. The van der Waals surface area contributed by atoms with Crippen LogP contribution in [0.3, 0.4) is 0 Å². The summed E-state index contributed by atoms with van der Waals surface area (Å²) in [4.78, 5) is 15.8. The highest BCUT2D eigenvalue weighted by Crippen LogP contribution is 2.18. The van der Waals surface area contributed by atoms with E-state index in [1.807, 2.05) is 19.1 Å². The molecule has 0 aliphatic carbocycles. The number of nitrogens with one attached hydrogen (secondary N) is 1. The van der Waals surface area contributed by atoms with Crippen molar-refractivity contribution in [2.75, 3.05) is 19.4 Å².